The number of fused-ring (bicyclic) bond motifs is 1. The van der Waals surface area contributed by atoms with Gasteiger partial charge in [0.15, 0.2) is 0 Å². The fourth-order valence-corrected chi connectivity index (χ4v) is 2.98. The number of nitrogens with zero attached hydrogens (tertiary/aromatic N) is 3. The number of aromatic nitrogens is 3. The zero-order chi connectivity index (χ0) is 15.4. The second-order valence-corrected chi connectivity index (χ2v) is 5.93. The highest BCUT2D eigenvalue weighted by Crippen LogP contribution is 2.15. The fraction of sp³-hybridized carbons (Fsp3) is 0.471. The molecule has 22 heavy (non-hydrogen) atoms. The molecule has 0 fully saturated rings. The van der Waals surface area contributed by atoms with Crippen molar-refractivity contribution in [2.75, 3.05) is 0 Å². The molecule has 5 heteroatoms. The maximum Gasteiger partial charge on any atom is 0.220 e. The van der Waals surface area contributed by atoms with E-state index in [4.69, 9.17) is 0 Å². The van der Waals surface area contributed by atoms with Crippen LogP contribution in [0.1, 0.15) is 36.5 Å². The maximum absolute atomic E-state index is 12.1. The average Bonchev–Trinajstić information content (AvgIpc) is 2.87. The van der Waals surface area contributed by atoms with Gasteiger partial charge in [-0.05, 0) is 38.3 Å². The molecule has 1 aliphatic rings. The third kappa shape index (κ3) is 3.72. The van der Waals surface area contributed by atoms with Crippen LogP contribution in [0.15, 0.2) is 30.6 Å². The van der Waals surface area contributed by atoms with Gasteiger partial charge in [-0.3, -0.25) is 9.78 Å². The van der Waals surface area contributed by atoms with Crippen molar-refractivity contribution in [2.45, 2.75) is 51.6 Å². The van der Waals surface area contributed by atoms with E-state index in [0.717, 1.165) is 49.4 Å². The van der Waals surface area contributed by atoms with Gasteiger partial charge in [-0.2, -0.15) is 0 Å². The molecule has 0 saturated carbocycles. The molecule has 3 rings (SSSR count). The summed E-state index contributed by atoms with van der Waals surface area (Å²) in [4.78, 5) is 20.8. The molecule has 1 N–H and O–H groups in total. The van der Waals surface area contributed by atoms with Crippen LogP contribution in [0.3, 0.4) is 0 Å². The quantitative estimate of drug-likeness (QED) is 0.919. The summed E-state index contributed by atoms with van der Waals surface area (Å²) < 4.78 is 2.16. The van der Waals surface area contributed by atoms with Gasteiger partial charge in [0.1, 0.15) is 5.82 Å². The first-order valence-corrected chi connectivity index (χ1v) is 7.92. The zero-order valence-corrected chi connectivity index (χ0v) is 13.0. The topological polar surface area (TPSA) is 59.8 Å². The van der Waals surface area contributed by atoms with Crippen LogP contribution >= 0.6 is 0 Å². The number of imidazole rings is 1. The fourth-order valence-electron chi connectivity index (χ4n) is 2.98. The van der Waals surface area contributed by atoms with Crippen LogP contribution in [0.25, 0.3) is 0 Å². The Hall–Kier alpha value is -2.17. The van der Waals surface area contributed by atoms with Crippen LogP contribution in [0, 0.1) is 6.92 Å². The SMILES string of the molecule is Cc1cn2c(n1)CC[C@H](NC(=O)CCCc1ccccn1)C2. The lowest BCUT2D eigenvalue weighted by Gasteiger charge is -2.24. The minimum atomic E-state index is 0.140. The predicted octanol–water partition coefficient (Wildman–Crippen LogP) is 2.04. The Morgan fingerprint density at radius 2 is 2.36 bits per heavy atom. The number of amides is 1. The smallest absolute Gasteiger partial charge is 0.220 e. The minimum Gasteiger partial charge on any atom is -0.352 e. The first-order chi connectivity index (χ1) is 10.7. The maximum atomic E-state index is 12.1. The standard InChI is InChI=1S/C17H22N4O/c1-13-11-21-12-15(8-9-16(21)19-13)20-17(22)7-4-6-14-5-2-3-10-18-14/h2-3,5,10-11,15H,4,6-9,12H2,1H3,(H,20,22)/t15-/m0/s1. The van der Waals surface area contributed by atoms with Crippen LogP contribution in [-0.4, -0.2) is 26.5 Å². The highest BCUT2D eigenvalue weighted by atomic mass is 16.1. The molecule has 1 aliphatic heterocycles. The van der Waals surface area contributed by atoms with E-state index in [1.54, 1.807) is 6.20 Å². The van der Waals surface area contributed by atoms with E-state index in [9.17, 15) is 4.79 Å². The minimum absolute atomic E-state index is 0.140. The van der Waals surface area contributed by atoms with Crippen molar-refractivity contribution in [3.63, 3.8) is 0 Å². The second kappa shape index (κ2) is 6.73. The summed E-state index contributed by atoms with van der Waals surface area (Å²) in [6, 6.07) is 6.12. The van der Waals surface area contributed by atoms with Gasteiger partial charge >= 0.3 is 0 Å². The van der Waals surface area contributed by atoms with Crippen molar-refractivity contribution in [1.82, 2.24) is 19.9 Å². The molecular weight excluding hydrogens is 276 g/mol. The Morgan fingerprint density at radius 1 is 1.45 bits per heavy atom. The monoisotopic (exact) mass is 298 g/mol. The summed E-state index contributed by atoms with van der Waals surface area (Å²) in [7, 11) is 0. The van der Waals surface area contributed by atoms with Crippen LogP contribution < -0.4 is 5.32 Å². The van der Waals surface area contributed by atoms with Crippen molar-refractivity contribution in [1.29, 1.82) is 0 Å². The molecule has 0 spiro atoms. The van der Waals surface area contributed by atoms with E-state index in [2.05, 4.69) is 26.0 Å². The van der Waals surface area contributed by atoms with E-state index in [0.29, 0.717) is 6.42 Å². The first kappa shape index (κ1) is 14.8. The number of carbonyl (C=O) groups excluding carboxylic acids is 1. The molecular formula is C17H22N4O. The average molecular weight is 298 g/mol. The Labute approximate surface area is 130 Å². The summed E-state index contributed by atoms with van der Waals surface area (Å²) >= 11 is 0. The van der Waals surface area contributed by atoms with E-state index in [-0.39, 0.29) is 11.9 Å². The van der Waals surface area contributed by atoms with Crippen molar-refractivity contribution in [3.8, 4) is 0 Å². The number of carbonyl (C=O) groups is 1. The third-order valence-electron chi connectivity index (χ3n) is 4.04. The summed E-state index contributed by atoms with van der Waals surface area (Å²) in [6.45, 7) is 2.85. The molecule has 0 unspecified atom stereocenters. The van der Waals surface area contributed by atoms with Gasteiger partial charge in [0.2, 0.25) is 5.91 Å². The molecule has 0 radical (unpaired) electrons. The van der Waals surface area contributed by atoms with Gasteiger partial charge in [-0.15, -0.1) is 0 Å². The number of aryl methyl sites for hydroxylation is 3. The predicted molar refractivity (Wildman–Crippen MR) is 84.4 cm³/mol. The van der Waals surface area contributed by atoms with Gasteiger partial charge in [-0.25, -0.2) is 4.98 Å². The Balaban J connectivity index is 1.43. The molecule has 0 aliphatic carbocycles. The lowest BCUT2D eigenvalue weighted by atomic mass is 10.1. The van der Waals surface area contributed by atoms with Crippen molar-refractivity contribution in [2.24, 2.45) is 0 Å². The molecule has 3 heterocycles. The molecule has 116 valence electrons. The van der Waals surface area contributed by atoms with Gasteiger partial charge in [0.25, 0.3) is 0 Å². The van der Waals surface area contributed by atoms with E-state index >= 15 is 0 Å². The third-order valence-corrected chi connectivity index (χ3v) is 4.04. The number of nitrogens with one attached hydrogen (secondary N) is 1. The summed E-state index contributed by atoms with van der Waals surface area (Å²) in [5.74, 6) is 1.28. The van der Waals surface area contributed by atoms with Crippen molar-refractivity contribution < 1.29 is 4.79 Å². The molecule has 5 nitrogen and oxygen atoms in total. The second-order valence-electron chi connectivity index (χ2n) is 5.93. The Morgan fingerprint density at radius 3 is 3.18 bits per heavy atom. The number of hydrogen-bond acceptors (Lipinski definition) is 3. The Bertz CT molecular complexity index is 635. The normalized spacial score (nSPS) is 17.0. The highest BCUT2D eigenvalue weighted by molar-refractivity contribution is 5.76. The molecule has 0 bridgehead atoms. The Kier molecular flexibility index (Phi) is 4.51. The zero-order valence-electron chi connectivity index (χ0n) is 13.0. The molecule has 1 atom stereocenters. The van der Waals surface area contributed by atoms with Gasteiger partial charge in [-0.1, -0.05) is 6.07 Å². The number of rotatable bonds is 5. The van der Waals surface area contributed by atoms with Crippen LogP contribution in [0.5, 0.6) is 0 Å². The van der Waals surface area contributed by atoms with Crippen LogP contribution in [-0.2, 0) is 24.2 Å². The number of pyridine rings is 1. The lowest BCUT2D eigenvalue weighted by Crippen LogP contribution is -2.40. The largest absolute Gasteiger partial charge is 0.352 e. The van der Waals surface area contributed by atoms with Crippen molar-refractivity contribution >= 4 is 5.91 Å². The summed E-state index contributed by atoms with van der Waals surface area (Å²) in [6.07, 6.45) is 8.02. The molecule has 2 aromatic rings. The lowest BCUT2D eigenvalue weighted by molar-refractivity contribution is -0.122. The summed E-state index contributed by atoms with van der Waals surface area (Å²) in [5, 5.41) is 3.15. The highest BCUT2D eigenvalue weighted by Gasteiger charge is 2.20. The van der Waals surface area contributed by atoms with Gasteiger partial charge in [0, 0.05) is 43.5 Å². The van der Waals surface area contributed by atoms with E-state index in [1.807, 2.05) is 25.1 Å². The molecule has 0 aromatic carbocycles. The number of hydrogen-bond donors (Lipinski definition) is 1. The van der Waals surface area contributed by atoms with E-state index < -0.39 is 0 Å². The summed E-state index contributed by atoms with van der Waals surface area (Å²) in [5.41, 5.74) is 2.10. The van der Waals surface area contributed by atoms with E-state index in [1.165, 1.54) is 0 Å². The van der Waals surface area contributed by atoms with Gasteiger partial charge < -0.3 is 9.88 Å². The molecule has 2 aromatic heterocycles. The van der Waals surface area contributed by atoms with Gasteiger partial charge in [0.05, 0.1) is 5.69 Å². The van der Waals surface area contributed by atoms with Crippen molar-refractivity contribution in [3.05, 3.63) is 47.8 Å². The first-order valence-electron chi connectivity index (χ1n) is 7.92. The van der Waals surface area contributed by atoms with Crippen LogP contribution in [0.2, 0.25) is 0 Å². The molecule has 1 amide bonds. The molecule has 0 saturated heterocycles. The van der Waals surface area contributed by atoms with Crippen LogP contribution in [0.4, 0.5) is 0 Å².